The van der Waals surface area contributed by atoms with Crippen molar-refractivity contribution in [1.82, 2.24) is 4.72 Å². The van der Waals surface area contributed by atoms with Gasteiger partial charge in [0, 0.05) is 16.4 Å². The van der Waals surface area contributed by atoms with Crippen LogP contribution in [0.5, 0.6) is 0 Å². The molecule has 2 aromatic carbocycles. The summed E-state index contributed by atoms with van der Waals surface area (Å²) in [5.41, 5.74) is 1.13. The van der Waals surface area contributed by atoms with Gasteiger partial charge in [-0.25, -0.2) is 17.5 Å². The van der Waals surface area contributed by atoms with E-state index < -0.39 is 15.8 Å². The first kappa shape index (κ1) is 14.7. The van der Waals surface area contributed by atoms with Crippen LogP contribution in [0.4, 0.5) is 4.39 Å². The Balaban J connectivity index is 1.76. The quantitative estimate of drug-likeness (QED) is 0.897. The highest BCUT2D eigenvalue weighted by Crippen LogP contribution is 2.41. The fraction of sp³-hybridized carbons (Fsp3) is 0.200. The molecule has 0 aliphatic heterocycles. The largest absolute Gasteiger partial charge is 0.241 e. The smallest absolute Gasteiger partial charge is 0.207 e. The molecule has 6 heteroatoms. The van der Waals surface area contributed by atoms with E-state index in [0.717, 1.165) is 24.1 Å². The lowest BCUT2D eigenvalue weighted by atomic mass is 10.1. The molecule has 0 bridgehead atoms. The average Bonchev–Trinajstić information content (AvgIpc) is 3.17. The van der Waals surface area contributed by atoms with Gasteiger partial charge in [0.1, 0.15) is 5.82 Å². The molecule has 2 unspecified atom stereocenters. The van der Waals surface area contributed by atoms with Crippen LogP contribution in [0.15, 0.2) is 57.9 Å². The third kappa shape index (κ3) is 3.17. The van der Waals surface area contributed by atoms with E-state index in [-0.39, 0.29) is 21.3 Å². The van der Waals surface area contributed by atoms with Crippen molar-refractivity contribution in [2.45, 2.75) is 23.3 Å². The van der Waals surface area contributed by atoms with Crippen molar-refractivity contribution in [3.63, 3.8) is 0 Å². The fourth-order valence-corrected chi connectivity index (χ4v) is 4.69. The standard InChI is InChI=1S/C15H13BrFNO2S/c16-13-8-11(17)6-7-15(13)21(19,20)18-14-9-12(14)10-4-2-1-3-5-10/h1-8,12,14,18H,9H2. The van der Waals surface area contributed by atoms with Crippen LogP contribution in [0.25, 0.3) is 0 Å². The molecule has 1 saturated carbocycles. The zero-order valence-electron chi connectivity index (χ0n) is 11.0. The lowest BCUT2D eigenvalue weighted by Crippen LogP contribution is -2.27. The number of hydrogen-bond donors (Lipinski definition) is 1. The normalized spacial score (nSPS) is 21.2. The molecular formula is C15H13BrFNO2S. The Morgan fingerprint density at radius 2 is 1.86 bits per heavy atom. The second-order valence-corrected chi connectivity index (χ2v) is 7.59. The number of rotatable bonds is 4. The summed E-state index contributed by atoms with van der Waals surface area (Å²) in [6.45, 7) is 0. The van der Waals surface area contributed by atoms with Crippen molar-refractivity contribution in [2.75, 3.05) is 0 Å². The van der Waals surface area contributed by atoms with Gasteiger partial charge in [0.05, 0.1) is 4.90 Å². The molecule has 0 spiro atoms. The van der Waals surface area contributed by atoms with Crippen molar-refractivity contribution in [3.05, 3.63) is 64.4 Å². The second-order valence-electron chi connectivity index (χ2n) is 5.06. The lowest BCUT2D eigenvalue weighted by molar-refractivity contribution is 0.578. The van der Waals surface area contributed by atoms with Crippen LogP contribution < -0.4 is 4.72 Å². The Morgan fingerprint density at radius 3 is 2.52 bits per heavy atom. The number of halogens is 2. The van der Waals surface area contributed by atoms with Gasteiger partial charge in [0.25, 0.3) is 0 Å². The molecule has 3 nitrogen and oxygen atoms in total. The summed E-state index contributed by atoms with van der Waals surface area (Å²) in [4.78, 5) is 0.0580. The molecule has 1 aliphatic rings. The Bertz CT molecular complexity index is 764. The van der Waals surface area contributed by atoms with Crippen molar-refractivity contribution in [3.8, 4) is 0 Å². The van der Waals surface area contributed by atoms with Crippen LogP contribution in [0.2, 0.25) is 0 Å². The maximum Gasteiger partial charge on any atom is 0.241 e. The van der Waals surface area contributed by atoms with Crippen molar-refractivity contribution in [1.29, 1.82) is 0 Å². The summed E-state index contributed by atoms with van der Waals surface area (Å²) >= 11 is 3.09. The van der Waals surface area contributed by atoms with Crippen LogP contribution in [0.3, 0.4) is 0 Å². The first-order chi connectivity index (χ1) is 9.97. The maximum absolute atomic E-state index is 13.0. The summed E-state index contributed by atoms with van der Waals surface area (Å²) < 4.78 is 40.6. The van der Waals surface area contributed by atoms with E-state index in [4.69, 9.17) is 0 Å². The molecular weight excluding hydrogens is 357 g/mol. The van der Waals surface area contributed by atoms with E-state index >= 15 is 0 Å². The zero-order chi connectivity index (χ0) is 15.0. The highest BCUT2D eigenvalue weighted by molar-refractivity contribution is 9.10. The van der Waals surface area contributed by atoms with Gasteiger partial charge < -0.3 is 0 Å². The molecule has 21 heavy (non-hydrogen) atoms. The van der Waals surface area contributed by atoms with E-state index in [1.165, 1.54) is 6.07 Å². The van der Waals surface area contributed by atoms with E-state index in [1.807, 2.05) is 30.3 Å². The molecule has 0 amide bonds. The maximum atomic E-state index is 13.0. The molecule has 3 rings (SSSR count). The Kier molecular flexibility index (Phi) is 3.86. The van der Waals surface area contributed by atoms with E-state index in [0.29, 0.717) is 0 Å². The minimum atomic E-state index is -3.65. The highest BCUT2D eigenvalue weighted by Gasteiger charge is 2.41. The molecule has 0 saturated heterocycles. The van der Waals surface area contributed by atoms with Gasteiger partial charge in [0.15, 0.2) is 0 Å². The van der Waals surface area contributed by atoms with Crippen LogP contribution >= 0.6 is 15.9 Å². The fourth-order valence-electron chi connectivity index (χ4n) is 2.35. The minimum absolute atomic E-state index is 0.0580. The molecule has 1 N–H and O–H groups in total. The summed E-state index contributed by atoms with van der Waals surface area (Å²) in [5, 5.41) is 0. The average molecular weight is 370 g/mol. The van der Waals surface area contributed by atoms with E-state index in [1.54, 1.807) is 0 Å². The van der Waals surface area contributed by atoms with Crippen LogP contribution in [0, 0.1) is 5.82 Å². The lowest BCUT2D eigenvalue weighted by Gasteiger charge is -2.08. The molecule has 2 aromatic rings. The third-order valence-corrected chi connectivity index (χ3v) is 5.97. The molecule has 0 radical (unpaired) electrons. The van der Waals surface area contributed by atoms with Crippen molar-refractivity contribution in [2.24, 2.45) is 0 Å². The van der Waals surface area contributed by atoms with Crippen LogP contribution in [-0.4, -0.2) is 14.5 Å². The molecule has 1 aliphatic carbocycles. The Hall–Kier alpha value is -1.24. The highest BCUT2D eigenvalue weighted by atomic mass is 79.9. The zero-order valence-corrected chi connectivity index (χ0v) is 13.4. The Labute approximate surface area is 131 Å². The van der Waals surface area contributed by atoms with Crippen molar-refractivity contribution < 1.29 is 12.8 Å². The molecule has 0 heterocycles. The van der Waals surface area contributed by atoms with E-state index in [9.17, 15) is 12.8 Å². The van der Waals surface area contributed by atoms with Crippen LogP contribution in [0.1, 0.15) is 17.9 Å². The monoisotopic (exact) mass is 369 g/mol. The topological polar surface area (TPSA) is 46.2 Å². The summed E-state index contributed by atoms with van der Waals surface area (Å²) in [6.07, 6.45) is 0.780. The molecule has 1 fully saturated rings. The molecule has 2 atom stereocenters. The first-order valence-corrected chi connectivity index (χ1v) is 8.77. The third-order valence-electron chi connectivity index (χ3n) is 3.51. The summed E-state index contributed by atoms with van der Waals surface area (Å²) in [5.74, 6) is -0.269. The minimum Gasteiger partial charge on any atom is -0.207 e. The number of benzene rings is 2. The van der Waals surface area contributed by atoms with Gasteiger partial charge in [-0.15, -0.1) is 0 Å². The predicted molar refractivity (Wildman–Crippen MR) is 82.0 cm³/mol. The van der Waals surface area contributed by atoms with Gasteiger partial charge in [0.2, 0.25) is 10.0 Å². The van der Waals surface area contributed by atoms with Gasteiger partial charge in [-0.3, -0.25) is 0 Å². The molecule has 110 valence electrons. The summed E-state index contributed by atoms with van der Waals surface area (Å²) in [7, 11) is -3.65. The number of hydrogen-bond acceptors (Lipinski definition) is 2. The second kappa shape index (κ2) is 5.51. The Morgan fingerprint density at radius 1 is 1.14 bits per heavy atom. The van der Waals surface area contributed by atoms with Gasteiger partial charge in [-0.2, -0.15) is 0 Å². The van der Waals surface area contributed by atoms with E-state index in [2.05, 4.69) is 20.7 Å². The first-order valence-electron chi connectivity index (χ1n) is 6.50. The number of nitrogens with one attached hydrogen (secondary N) is 1. The summed E-state index contributed by atoms with van der Waals surface area (Å²) in [6, 6.07) is 13.2. The number of sulfonamides is 1. The van der Waals surface area contributed by atoms with Gasteiger partial charge in [-0.05, 0) is 46.1 Å². The van der Waals surface area contributed by atoms with Crippen molar-refractivity contribution >= 4 is 26.0 Å². The van der Waals surface area contributed by atoms with Gasteiger partial charge in [-0.1, -0.05) is 30.3 Å². The van der Waals surface area contributed by atoms with Crippen LogP contribution in [-0.2, 0) is 10.0 Å². The molecule has 0 aromatic heterocycles. The SMILES string of the molecule is O=S(=O)(NC1CC1c1ccccc1)c1ccc(F)cc1Br. The predicted octanol–water partition coefficient (Wildman–Crippen LogP) is 3.42. The van der Waals surface area contributed by atoms with Gasteiger partial charge >= 0.3 is 0 Å².